The summed E-state index contributed by atoms with van der Waals surface area (Å²) in [4.78, 5) is 25.4. The lowest BCUT2D eigenvalue weighted by Crippen LogP contribution is -2.30. The van der Waals surface area contributed by atoms with Crippen LogP contribution in [0.2, 0.25) is 5.02 Å². The molecular formula is C16H17ClN2O5S2. The number of likely N-dealkylation sites (N-methyl/N-ethyl adjacent to an activating group) is 1. The molecule has 26 heavy (non-hydrogen) atoms. The molecule has 0 aliphatic heterocycles. The highest BCUT2D eigenvalue weighted by atomic mass is 35.5. The van der Waals surface area contributed by atoms with Crippen LogP contribution >= 0.6 is 22.9 Å². The minimum atomic E-state index is -3.82. The highest BCUT2D eigenvalue weighted by Gasteiger charge is 2.20. The molecule has 0 unspecified atom stereocenters. The molecule has 0 aliphatic carbocycles. The van der Waals surface area contributed by atoms with Gasteiger partial charge in [-0.25, -0.2) is 17.9 Å². The van der Waals surface area contributed by atoms with Gasteiger partial charge >= 0.3 is 5.97 Å². The van der Waals surface area contributed by atoms with E-state index in [1.807, 2.05) is 16.8 Å². The maximum atomic E-state index is 12.1. The van der Waals surface area contributed by atoms with Crippen LogP contribution in [0.3, 0.4) is 0 Å². The van der Waals surface area contributed by atoms with Crippen molar-refractivity contribution in [1.82, 2.24) is 9.62 Å². The minimum Gasteiger partial charge on any atom is -0.452 e. The van der Waals surface area contributed by atoms with Gasteiger partial charge in [0.2, 0.25) is 10.0 Å². The maximum absolute atomic E-state index is 12.1. The first-order valence-corrected chi connectivity index (χ1v) is 10.2. The van der Waals surface area contributed by atoms with Crippen LogP contribution in [0.25, 0.3) is 0 Å². The third-order valence-electron chi connectivity index (χ3n) is 3.48. The molecule has 0 saturated heterocycles. The Labute approximate surface area is 160 Å². The van der Waals surface area contributed by atoms with Gasteiger partial charge in [-0.2, -0.15) is 11.3 Å². The largest absolute Gasteiger partial charge is 0.452 e. The number of rotatable bonds is 7. The number of nitrogens with zero attached hydrogens (tertiary/aromatic N) is 1. The van der Waals surface area contributed by atoms with Gasteiger partial charge in [-0.3, -0.25) is 4.79 Å². The van der Waals surface area contributed by atoms with Crippen LogP contribution in [-0.4, -0.2) is 45.9 Å². The van der Waals surface area contributed by atoms with Crippen LogP contribution in [-0.2, 0) is 26.1 Å². The smallest absolute Gasteiger partial charge is 0.338 e. The number of carbonyl (C=O) groups is 2. The van der Waals surface area contributed by atoms with Gasteiger partial charge in [0.25, 0.3) is 5.91 Å². The average molecular weight is 417 g/mol. The average Bonchev–Trinajstić information content (AvgIpc) is 3.12. The van der Waals surface area contributed by atoms with Crippen molar-refractivity contribution in [3.8, 4) is 0 Å². The lowest BCUT2D eigenvalue weighted by molar-refractivity contribution is -0.133. The first-order valence-electron chi connectivity index (χ1n) is 7.40. The molecule has 0 aliphatic rings. The van der Waals surface area contributed by atoms with Crippen molar-refractivity contribution in [2.45, 2.75) is 11.4 Å². The molecular weight excluding hydrogens is 400 g/mol. The first kappa shape index (κ1) is 20.4. The SMILES string of the molecule is CNS(=O)(=O)c1cc(C(=O)OCC(=O)N(C)Cc2ccsc2)ccc1Cl. The van der Waals surface area contributed by atoms with Gasteiger partial charge < -0.3 is 9.64 Å². The zero-order chi connectivity index (χ0) is 19.3. The third-order valence-corrected chi connectivity index (χ3v) is 6.11. The van der Waals surface area contributed by atoms with E-state index in [2.05, 4.69) is 4.72 Å². The number of amides is 1. The molecule has 0 atom stereocenters. The van der Waals surface area contributed by atoms with Crippen molar-refractivity contribution in [2.24, 2.45) is 0 Å². The van der Waals surface area contributed by atoms with E-state index in [1.54, 1.807) is 7.05 Å². The summed E-state index contributed by atoms with van der Waals surface area (Å²) in [5.74, 6) is -1.19. The van der Waals surface area contributed by atoms with Crippen molar-refractivity contribution in [1.29, 1.82) is 0 Å². The highest BCUT2D eigenvalue weighted by molar-refractivity contribution is 7.89. The zero-order valence-electron chi connectivity index (χ0n) is 14.1. The zero-order valence-corrected chi connectivity index (χ0v) is 16.5. The van der Waals surface area contributed by atoms with E-state index >= 15 is 0 Å². The van der Waals surface area contributed by atoms with Crippen LogP contribution in [0.1, 0.15) is 15.9 Å². The van der Waals surface area contributed by atoms with Crippen LogP contribution < -0.4 is 4.72 Å². The first-order chi connectivity index (χ1) is 12.2. The van der Waals surface area contributed by atoms with E-state index in [1.165, 1.54) is 35.4 Å². The van der Waals surface area contributed by atoms with Crippen LogP contribution in [0.15, 0.2) is 39.9 Å². The van der Waals surface area contributed by atoms with Gasteiger partial charge in [0, 0.05) is 13.6 Å². The second kappa shape index (κ2) is 8.63. The van der Waals surface area contributed by atoms with E-state index < -0.39 is 22.6 Å². The predicted octanol–water partition coefficient (Wildman–Crippen LogP) is 2.12. The highest BCUT2D eigenvalue weighted by Crippen LogP contribution is 2.22. The molecule has 1 aromatic carbocycles. The predicted molar refractivity (Wildman–Crippen MR) is 98.8 cm³/mol. The summed E-state index contributed by atoms with van der Waals surface area (Å²) in [5.41, 5.74) is 0.966. The molecule has 0 radical (unpaired) electrons. The molecule has 140 valence electrons. The van der Waals surface area contributed by atoms with E-state index in [0.717, 1.165) is 11.6 Å². The van der Waals surface area contributed by atoms with Crippen molar-refractivity contribution in [2.75, 3.05) is 20.7 Å². The second-order valence-corrected chi connectivity index (χ2v) is 8.35. The Morgan fingerprint density at radius 3 is 2.65 bits per heavy atom. The molecule has 0 fully saturated rings. The molecule has 10 heteroatoms. The molecule has 7 nitrogen and oxygen atoms in total. The van der Waals surface area contributed by atoms with Crippen molar-refractivity contribution in [3.63, 3.8) is 0 Å². The topological polar surface area (TPSA) is 92.8 Å². The number of sulfonamides is 1. The quantitative estimate of drug-likeness (QED) is 0.698. The summed E-state index contributed by atoms with van der Waals surface area (Å²) in [6.45, 7) is -0.0401. The van der Waals surface area contributed by atoms with E-state index in [0.29, 0.717) is 6.54 Å². The number of nitrogens with one attached hydrogen (secondary N) is 1. The molecule has 1 amide bonds. The van der Waals surface area contributed by atoms with Crippen LogP contribution in [0.5, 0.6) is 0 Å². The molecule has 1 aromatic heterocycles. The molecule has 0 spiro atoms. The molecule has 2 rings (SSSR count). The monoisotopic (exact) mass is 416 g/mol. The summed E-state index contributed by atoms with van der Waals surface area (Å²) < 4.78 is 30.9. The number of hydrogen-bond acceptors (Lipinski definition) is 6. The molecule has 0 bridgehead atoms. The number of esters is 1. The van der Waals surface area contributed by atoms with E-state index in [4.69, 9.17) is 16.3 Å². The Hall–Kier alpha value is -1.94. The lowest BCUT2D eigenvalue weighted by atomic mass is 10.2. The number of ether oxygens (including phenoxy) is 1. The number of benzene rings is 1. The fourth-order valence-corrected chi connectivity index (χ4v) is 3.92. The fraction of sp³-hybridized carbons (Fsp3) is 0.250. The fourth-order valence-electron chi connectivity index (χ4n) is 2.01. The minimum absolute atomic E-state index is 0.0171. The molecule has 0 saturated carbocycles. The van der Waals surface area contributed by atoms with Gasteiger partial charge in [0.05, 0.1) is 10.6 Å². The third kappa shape index (κ3) is 5.04. The number of carbonyl (C=O) groups excluding carboxylic acids is 2. The normalized spacial score (nSPS) is 11.2. The number of hydrogen-bond donors (Lipinski definition) is 1. The summed E-state index contributed by atoms with van der Waals surface area (Å²) in [7, 11) is -0.983. The maximum Gasteiger partial charge on any atom is 0.338 e. The van der Waals surface area contributed by atoms with Gasteiger partial charge in [-0.05, 0) is 47.6 Å². The second-order valence-electron chi connectivity index (χ2n) is 5.31. The van der Waals surface area contributed by atoms with Crippen molar-refractivity contribution in [3.05, 3.63) is 51.2 Å². The van der Waals surface area contributed by atoms with Gasteiger partial charge in [0.1, 0.15) is 4.90 Å². The summed E-state index contributed by atoms with van der Waals surface area (Å²) in [6.07, 6.45) is 0. The summed E-state index contributed by atoms with van der Waals surface area (Å²) in [5, 5.41) is 3.81. The Morgan fingerprint density at radius 2 is 2.04 bits per heavy atom. The van der Waals surface area contributed by atoms with Crippen molar-refractivity contribution >= 4 is 44.8 Å². The summed E-state index contributed by atoms with van der Waals surface area (Å²) >= 11 is 7.40. The van der Waals surface area contributed by atoms with Crippen LogP contribution in [0, 0.1) is 0 Å². The van der Waals surface area contributed by atoms with Crippen molar-refractivity contribution < 1.29 is 22.7 Å². The number of halogens is 1. The Kier molecular flexibility index (Phi) is 6.76. The molecule has 1 N–H and O–H groups in total. The van der Waals surface area contributed by atoms with Gasteiger partial charge in [-0.15, -0.1) is 0 Å². The van der Waals surface area contributed by atoms with Gasteiger partial charge in [0.15, 0.2) is 6.61 Å². The number of thiophene rings is 1. The molecule has 2 aromatic rings. The van der Waals surface area contributed by atoms with E-state index in [9.17, 15) is 18.0 Å². The van der Waals surface area contributed by atoms with Crippen LogP contribution in [0.4, 0.5) is 0 Å². The lowest BCUT2D eigenvalue weighted by Gasteiger charge is -2.16. The Morgan fingerprint density at radius 1 is 1.31 bits per heavy atom. The Bertz CT molecular complexity index is 897. The summed E-state index contributed by atoms with van der Waals surface area (Å²) in [6, 6.07) is 5.62. The van der Waals surface area contributed by atoms with Gasteiger partial charge in [-0.1, -0.05) is 11.6 Å². The van der Waals surface area contributed by atoms with E-state index in [-0.39, 0.29) is 21.4 Å². The Balaban J connectivity index is 2.01. The molecule has 1 heterocycles. The standard InChI is InChI=1S/C16H17ClN2O5S2/c1-18-26(22,23)14-7-12(3-4-13(14)17)16(21)24-9-15(20)19(2)8-11-5-6-25-10-11/h3-7,10,18H,8-9H2,1-2H3.